The molecule has 0 aromatic heterocycles. The first kappa shape index (κ1) is 9.66. The fourth-order valence-electron chi connectivity index (χ4n) is 1.13. The highest BCUT2D eigenvalue weighted by molar-refractivity contribution is 14.1. The van der Waals surface area contributed by atoms with Crippen molar-refractivity contribution in [1.29, 1.82) is 0 Å². The Labute approximate surface area is 80.0 Å². The van der Waals surface area contributed by atoms with Crippen molar-refractivity contribution in [3.05, 3.63) is 0 Å². The maximum Gasteiger partial charge on any atom is 0.125 e. The average Bonchev–Trinajstić information content (AvgIpc) is 1.97. The SMILES string of the molecule is CC1OC(I)C(N)C(N)C1N. The molecule has 0 aliphatic carbocycles. The van der Waals surface area contributed by atoms with Crippen molar-refractivity contribution in [2.24, 2.45) is 17.2 Å². The highest BCUT2D eigenvalue weighted by Crippen LogP contribution is 2.20. The van der Waals surface area contributed by atoms with Crippen molar-refractivity contribution in [3.63, 3.8) is 0 Å². The van der Waals surface area contributed by atoms with Gasteiger partial charge in [0.05, 0.1) is 12.1 Å². The molecule has 0 radical (unpaired) electrons. The van der Waals surface area contributed by atoms with Crippen LogP contribution in [-0.2, 0) is 4.74 Å². The molecule has 0 amide bonds. The van der Waals surface area contributed by atoms with Crippen molar-refractivity contribution in [2.75, 3.05) is 0 Å². The fraction of sp³-hybridized carbons (Fsp3) is 1.00. The van der Waals surface area contributed by atoms with Crippen molar-refractivity contribution in [3.8, 4) is 0 Å². The van der Waals surface area contributed by atoms with Crippen molar-refractivity contribution >= 4 is 22.6 Å². The van der Waals surface area contributed by atoms with Gasteiger partial charge >= 0.3 is 0 Å². The molecule has 5 atom stereocenters. The van der Waals surface area contributed by atoms with Crippen LogP contribution in [0.4, 0.5) is 0 Å². The average molecular weight is 271 g/mol. The van der Waals surface area contributed by atoms with Crippen LogP contribution in [0.1, 0.15) is 6.92 Å². The summed E-state index contributed by atoms with van der Waals surface area (Å²) in [5.41, 5.74) is 17.2. The van der Waals surface area contributed by atoms with Gasteiger partial charge in [-0.05, 0) is 29.5 Å². The standard InChI is InChI=1S/C6H14IN3O/c1-2-3(8)4(9)5(10)6(7)11-2/h2-6H,8-10H2,1H3. The monoisotopic (exact) mass is 271 g/mol. The molecular formula is C6H14IN3O. The van der Waals surface area contributed by atoms with E-state index < -0.39 is 0 Å². The molecular weight excluding hydrogens is 257 g/mol. The van der Waals surface area contributed by atoms with Crippen LogP contribution in [0.3, 0.4) is 0 Å². The van der Waals surface area contributed by atoms with Gasteiger partial charge in [0.25, 0.3) is 0 Å². The summed E-state index contributed by atoms with van der Waals surface area (Å²) in [7, 11) is 0. The van der Waals surface area contributed by atoms with E-state index in [2.05, 4.69) is 22.6 Å². The predicted octanol–water partition coefficient (Wildman–Crippen LogP) is -0.852. The molecule has 1 rings (SSSR count). The van der Waals surface area contributed by atoms with E-state index in [4.69, 9.17) is 21.9 Å². The molecule has 1 heterocycles. The van der Waals surface area contributed by atoms with E-state index in [-0.39, 0.29) is 28.3 Å². The smallest absolute Gasteiger partial charge is 0.125 e. The first-order chi connectivity index (χ1) is 5.04. The summed E-state index contributed by atoms with van der Waals surface area (Å²) in [5.74, 6) is 0. The van der Waals surface area contributed by atoms with Gasteiger partial charge in [0.15, 0.2) is 0 Å². The third-order valence-corrected chi connectivity index (χ3v) is 3.20. The van der Waals surface area contributed by atoms with E-state index in [1.54, 1.807) is 0 Å². The Hall–Kier alpha value is 0.570. The van der Waals surface area contributed by atoms with E-state index in [1.807, 2.05) is 6.92 Å². The van der Waals surface area contributed by atoms with E-state index in [1.165, 1.54) is 0 Å². The molecule has 5 unspecified atom stereocenters. The van der Waals surface area contributed by atoms with Gasteiger partial charge in [-0.1, -0.05) is 0 Å². The molecule has 11 heavy (non-hydrogen) atoms. The van der Waals surface area contributed by atoms with Gasteiger partial charge in [-0.3, -0.25) is 0 Å². The van der Waals surface area contributed by atoms with Crippen LogP contribution in [0.5, 0.6) is 0 Å². The van der Waals surface area contributed by atoms with Gasteiger partial charge in [-0.15, -0.1) is 0 Å². The Morgan fingerprint density at radius 3 is 2.18 bits per heavy atom. The molecule has 0 aromatic carbocycles. The summed E-state index contributed by atoms with van der Waals surface area (Å²) in [5, 5.41) is 0. The zero-order valence-corrected chi connectivity index (χ0v) is 8.56. The minimum absolute atomic E-state index is 0.00620. The van der Waals surface area contributed by atoms with Crippen LogP contribution in [-0.4, -0.2) is 28.3 Å². The Bertz CT molecular complexity index is 132. The van der Waals surface area contributed by atoms with E-state index >= 15 is 0 Å². The number of hydrogen-bond acceptors (Lipinski definition) is 4. The molecule has 0 aromatic rings. The van der Waals surface area contributed by atoms with E-state index in [9.17, 15) is 0 Å². The topological polar surface area (TPSA) is 87.3 Å². The molecule has 1 fully saturated rings. The highest BCUT2D eigenvalue weighted by atomic mass is 127. The normalized spacial score (nSPS) is 52.6. The largest absolute Gasteiger partial charge is 0.362 e. The predicted molar refractivity (Wildman–Crippen MR) is 52.3 cm³/mol. The number of rotatable bonds is 0. The Balaban J connectivity index is 2.63. The summed E-state index contributed by atoms with van der Waals surface area (Å²) in [4.78, 5) is 0. The van der Waals surface area contributed by atoms with Gasteiger partial charge in [-0.2, -0.15) is 0 Å². The number of nitrogens with two attached hydrogens (primary N) is 3. The number of alkyl halides is 1. The van der Waals surface area contributed by atoms with Crippen LogP contribution in [0.15, 0.2) is 0 Å². The minimum Gasteiger partial charge on any atom is -0.362 e. The molecule has 1 aliphatic heterocycles. The number of ether oxygens (including phenoxy) is 1. The summed E-state index contributed by atoms with van der Waals surface area (Å²) in [6.07, 6.45) is 0.00620. The Kier molecular flexibility index (Phi) is 3.10. The maximum absolute atomic E-state index is 5.77. The van der Waals surface area contributed by atoms with Crippen LogP contribution in [0, 0.1) is 0 Å². The summed E-state index contributed by atoms with van der Waals surface area (Å²) in [6, 6.07) is -0.446. The molecule has 6 N–H and O–H groups in total. The van der Waals surface area contributed by atoms with E-state index in [0.29, 0.717) is 0 Å². The van der Waals surface area contributed by atoms with Crippen molar-refractivity contribution in [2.45, 2.75) is 35.3 Å². The van der Waals surface area contributed by atoms with Crippen LogP contribution in [0.2, 0.25) is 0 Å². The Morgan fingerprint density at radius 1 is 1.09 bits per heavy atom. The van der Waals surface area contributed by atoms with Gasteiger partial charge in [0.2, 0.25) is 0 Å². The maximum atomic E-state index is 5.77. The lowest BCUT2D eigenvalue weighted by Crippen LogP contribution is -2.65. The van der Waals surface area contributed by atoms with Gasteiger partial charge in [-0.25, -0.2) is 0 Å². The van der Waals surface area contributed by atoms with Crippen LogP contribution >= 0.6 is 22.6 Å². The third kappa shape index (κ3) is 1.83. The number of halogens is 1. The van der Waals surface area contributed by atoms with Gasteiger partial charge in [0.1, 0.15) is 4.11 Å². The second-order valence-corrected chi connectivity index (χ2v) is 4.15. The van der Waals surface area contributed by atoms with E-state index in [0.717, 1.165) is 0 Å². The molecule has 5 heteroatoms. The summed E-state index contributed by atoms with van der Waals surface area (Å²) < 4.78 is 5.42. The van der Waals surface area contributed by atoms with Gasteiger partial charge in [0, 0.05) is 12.1 Å². The fourth-order valence-corrected chi connectivity index (χ4v) is 2.07. The quantitative estimate of drug-likeness (QED) is 0.395. The van der Waals surface area contributed by atoms with Crippen LogP contribution < -0.4 is 17.2 Å². The molecule has 1 saturated heterocycles. The lowest BCUT2D eigenvalue weighted by molar-refractivity contribution is -0.0178. The first-order valence-electron chi connectivity index (χ1n) is 3.60. The highest BCUT2D eigenvalue weighted by Gasteiger charge is 2.36. The zero-order valence-electron chi connectivity index (χ0n) is 6.41. The van der Waals surface area contributed by atoms with Crippen molar-refractivity contribution in [1.82, 2.24) is 0 Å². The lowest BCUT2D eigenvalue weighted by atomic mass is 9.96. The molecule has 0 saturated carbocycles. The lowest BCUT2D eigenvalue weighted by Gasteiger charge is -2.39. The third-order valence-electron chi connectivity index (χ3n) is 2.08. The Morgan fingerprint density at radius 2 is 1.64 bits per heavy atom. The summed E-state index contributed by atoms with van der Waals surface area (Å²) in [6.45, 7) is 1.92. The van der Waals surface area contributed by atoms with Crippen LogP contribution in [0.25, 0.3) is 0 Å². The molecule has 66 valence electrons. The zero-order chi connectivity index (χ0) is 8.59. The van der Waals surface area contributed by atoms with Gasteiger partial charge < -0.3 is 21.9 Å². The molecule has 4 nitrogen and oxygen atoms in total. The minimum atomic E-state index is -0.152. The number of hydrogen-bond donors (Lipinski definition) is 3. The van der Waals surface area contributed by atoms with Crippen molar-refractivity contribution < 1.29 is 4.74 Å². The molecule has 0 spiro atoms. The second-order valence-electron chi connectivity index (χ2n) is 2.92. The molecule has 1 aliphatic rings. The summed E-state index contributed by atoms with van der Waals surface area (Å²) >= 11 is 2.14. The first-order valence-corrected chi connectivity index (χ1v) is 4.85. The second kappa shape index (κ2) is 3.53. The molecule has 0 bridgehead atoms.